The van der Waals surface area contributed by atoms with Gasteiger partial charge in [-0.05, 0) is 55.8 Å². The number of halogens is 3. The van der Waals surface area contributed by atoms with E-state index in [4.69, 9.17) is 4.74 Å². The molecule has 2 heterocycles. The third kappa shape index (κ3) is 6.67. The highest BCUT2D eigenvalue weighted by Crippen LogP contribution is 2.25. The summed E-state index contributed by atoms with van der Waals surface area (Å²) in [5, 5.41) is 3.08. The first-order valence-electron chi connectivity index (χ1n) is 9.81. The number of rotatable bonds is 6. The SMILES string of the molecule is O=C(NCC1CCCN(Cc2cccc(OC(F)(F)F)c2)C1)C1CCOCC1. The van der Waals surface area contributed by atoms with E-state index in [-0.39, 0.29) is 17.6 Å². The van der Waals surface area contributed by atoms with Gasteiger partial charge in [-0.1, -0.05) is 12.1 Å². The van der Waals surface area contributed by atoms with E-state index >= 15 is 0 Å². The van der Waals surface area contributed by atoms with E-state index in [0.29, 0.717) is 32.2 Å². The van der Waals surface area contributed by atoms with Crippen molar-refractivity contribution in [1.29, 1.82) is 0 Å². The van der Waals surface area contributed by atoms with Crippen LogP contribution in [0, 0.1) is 11.8 Å². The van der Waals surface area contributed by atoms with Crippen molar-refractivity contribution in [2.24, 2.45) is 11.8 Å². The largest absolute Gasteiger partial charge is 0.573 e. The highest BCUT2D eigenvalue weighted by atomic mass is 19.4. The average Bonchev–Trinajstić information content (AvgIpc) is 2.66. The molecule has 1 unspecified atom stereocenters. The summed E-state index contributed by atoms with van der Waals surface area (Å²) in [6, 6.07) is 6.12. The van der Waals surface area contributed by atoms with Crippen LogP contribution in [0.2, 0.25) is 0 Å². The predicted octanol–water partition coefficient (Wildman–Crippen LogP) is 3.34. The number of likely N-dealkylation sites (tertiary alicyclic amines) is 1. The molecule has 2 aliphatic heterocycles. The van der Waals surface area contributed by atoms with Gasteiger partial charge in [0.2, 0.25) is 5.91 Å². The standard InChI is InChI=1S/C20H27F3N2O3/c21-20(22,23)28-18-5-1-3-15(11-18)13-25-8-2-4-16(14-25)12-24-19(26)17-6-9-27-10-7-17/h1,3,5,11,16-17H,2,4,6-10,12-14H2,(H,24,26). The second kappa shape index (κ2) is 9.60. The Morgan fingerprint density at radius 3 is 2.79 bits per heavy atom. The Morgan fingerprint density at radius 2 is 2.04 bits per heavy atom. The van der Waals surface area contributed by atoms with Crippen molar-refractivity contribution in [1.82, 2.24) is 10.2 Å². The summed E-state index contributed by atoms with van der Waals surface area (Å²) in [5.74, 6) is 0.316. The molecule has 1 N–H and O–H groups in total. The summed E-state index contributed by atoms with van der Waals surface area (Å²) in [5.41, 5.74) is 0.786. The van der Waals surface area contributed by atoms with Crippen molar-refractivity contribution in [3.05, 3.63) is 29.8 Å². The summed E-state index contributed by atoms with van der Waals surface area (Å²) in [6.07, 6.45) is -1.08. The molecule has 2 fully saturated rings. The van der Waals surface area contributed by atoms with Gasteiger partial charge in [0.25, 0.3) is 0 Å². The molecule has 2 saturated heterocycles. The maximum atomic E-state index is 12.4. The van der Waals surface area contributed by atoms with Crippen LogP contribution < -0.4 is 10.1 Å². The third-order valence-electron chi connectivity index (χ3n) is 5.30. The Balaban J connectivity index is 1.47. The molecule has 0 bridgehead atoms. The molecule has 0 radical (unpaired) electrons. The molecule has 0 spiro atoms. The van der Waals surface area contributed by atoms with Gasteiger partial charge in [0, 0.05) is 38.8 Å². The van der Waals surface area contributed by atoms with Crippen LogP contribution in [-0.4, -0.2) is 50.0 Å². The third-order valence-corrected chi connectivity index (χ3v) is 5.30. The highest BCUT2D eigenvalue weighted by Gasteiger charge is 2.31. The van der Waals surface area contributed by atoms with Gasteiger partial charge < -0.3 is 14.8 Å². The molecular weight excluding hydrogens is 373 g/mol. The topological polar surface area (TPSA) is 50.8 Å². The second-order valence-electron chi connectivity index (χ2n) is 7.57. The molecule has 0 saturated carbocycles. The number of carbonyl (C=O) groups excluding carboxylic acids is 1. The zero-order valence-corrected chi connectivity index (χ0v) is 15.8. The van der Waals surface area contributed by atoms with Gasteiger partial charge in [-0.25, -0.2) is 0 Å². The number of benzene rings is 1. The molecule has 1 atom stereocenters. The zero-order chi connectivity index (χ0) is 20.0. The predicted molar refractivity (Wildman–Crippen MR) is 97.7 cm³/mol. The molecule has 1 amide bonds. The number of piperidine rings is 1. The molecule has 2 aliphatic rings. The number of nitrogens with zero attached hydrogens (tertiary/aromatic N) is 1. The maximum absolute atomic E-state index is 12.4. The van der Waals surface area contributed by atoms with Crippen molar-refractivity contribution >= 4 is 5.91 Å². The van der Waals surface area contributed by atoms with Crippen LogP contribution in [-0.2, 0) is 16.1 Å². The van der Waals surface area contributed by atoms with Crippen LogP contribution >= 0.6 is 0 Å². The fourth-order valence-electron chi connectivity index (χ4n) is 3.91. The number of nitrogens with one attached hydrogen (secondary N) is 1. The van der Waals surface area contributed by atoms with Crippen molar-refractivity contribution in [3.63, 3.8) is 0 Å². The lowest BCUT2D eigenvalue weighted by Gasteiger charge is -2.33. The zero-order valence-electron chi connectivity index (χ0n) is 15.8. The lowest BCUT2D eigenvalue weighted by Crippen LogP contribution is -2.42. The van der Waals surface area contributed by atoms with Gasteiger partial charge in [0.1, 0.15) is 5.75 Å². The maximum Gasteiger partial charge on any atom is 0.573 e. The minimum Gasteiger partial charge on any atom is -0.406 e. The first-order chi connectivity index (χ1) is 13.4. The van der Waals surface area contributed by atoms with Gasteiger partial charge in [-0.15, -0.1) is 13.2 Å². The van der Waals surface area contributed by atoms with Gasteiger partial charge >= 0.3 is 6.36 Å². The summed E-state index contributed by atoms with van der Waals surface area (Å²) < 4.78 is 46.5. The first-order valence-corrected chi connectivity index (χ1v) is 9.81. The molecular formula is C20H27F3N2O3. The quantitative estimate of drug-likeness (QED) is 0.796. The van der Waals surface area contributed by atoms with E-state index < -0.39 is 6.36 Å². The van der Waals surface area contributed by atoms with E-state index in [2.05, 4.69) is 15.0 Å². The minimum absolute atomic E-state index is 0.0461. The van der Waals surface area contributed by atoms with Gasteiger partial charge in [0.15, 0.2) is 0 Å². The van der Waals surface area contributed by atoms with Crippen LogP contribution in [0.15, 0.2) is 24.3 Å². The van der Waals surface area contributed by atoms with E-state index in [1.807, 2.05) is 0 Å². The molecule has 0 aliphatic carbocycles. The van der Waals surface area contributed by atoms with Crippen LogP contribution in [0.3, 0.4) is 0 Å². The normalized spacial score (nSPS) is 22.0. The fraction of sp³-hybridized carbons (Fsp3) is 0.650. The van der Waals surface area contributed by atoms with Gasteiger partial charge in [-0.2, -0.15) is 0 Å². The van der Waals surface area contributed by atoms with Crippen LogP contribution in [0.4, 0.5) is 13.2 Å². The fourth-order valence-corrected chi connectivity index (χ4v) is 3.91. The summed E-state index contributed by atoms with van der Waals surface area (Å²) >= 11 is 0. The van der Waals surface area contributed by atoms with E-state index in [1.165, 1.54) is 12.1 Å². The van der Waals surface area contributed by atoms with Crippen LogP contribution in [0.25, 0.3) is 0 Å². The number of amides is 1. The second-order valence-corrected chi connectivity index (χ2v) is 7.57. The Morgan fingerprint density at radius 1 is 1.25 bits per heavy atom. The number of hydrogen-bond donors (Lipinski definition) is 1. The number of alkyl halides is 3. The molecule has 5 nitrogen and oxygen atoms in total. The highest BCUT2D eigenvalue weighted by molar-refractivity contribution is 5.78. The van der Waals surface area contributed by atoms with Crippen molar-refractivity contribution in [3.8, 4) is 5.75 Å². The summed E-state index contributed by atoms with van der Waals surface area (Å²) in [7, 11) is 0. The van der Waals surface area contributed by atoms with E-state index in [0.717, 1.165) is 44.3 Å². The van der Waals surface area contributed by atoms with Crippen molar-refractivity contribution in [2.45, 2.75) is 38.6 Å². The minimum atomic E-state index is -4.68. The molecule has 28 heavy (non-hydrogen) atoms. The van der Waals surface area contributed by atoms with Gasteiger partial charge in [-0.3, -0.25) is 9.69 Å². The van der Waals surface area contributed by atoms with Gasteiger partial charge in [0.05, 0.1) is 0 Å². The summed E-state index contributed by atoms with van der Waals surface area (Å²) in [6.45, 7) is 4.22. The Hall–Kier alpha value is -1.80. The number of carbonyl (C=O) groups is 1. The Labute approximate surface area is 163 Å². The van der Waals surface area contributed by atoms with E-state index in [1.54, 1.807) is 12.1 Å². The Kier molecular flexibility index (Phi) is 7.18. The van der Waals surface area contributed by atoms with Crippen molar-refractivity contribution in [2.75, 3.05) is 32.8 Å². The molecule has 8 heteroatoms. The molecule has 3 rings (SSSR count). The van der Waals surface area contributed by atoms with Crippen molar-refractivity contribution < 1.29 is 27.4 Å². The Bertz CT molecular complexity index is 648. The molecule has 156 valence electrons. The lowest BCUT2D eigenvalue weighted by molar-refractivity contribution is -0.274. The first kappa shape index (κ1) is 20.9. The smallest absolute Gasteiger partial charge is 0.406 e. The molecule has 1 aromatic carbocycles. The molecule has 1 aromatic rings. The van der Waals surface area contributed by atoms with E-state index in [9.17, 15) is 18.0 Å². The van der Waals surface area contributed by atoms with Crippen LogP contribution in [0.1, 0.15) is 31.2 Å². The lowest BCUT2D eigenvalue weighted by atomic mass is 9.96. The van der Waals surface area contributed by atoms with Crippen LogP contribution in [0.5, 0.6) is 5.75 Å². The number of ether oxygens (including phenoxy) is 2. The average molecular weight is 400 g/mol. The molecule has 0 aromatic heterocycles. The number of hydrogen-bond acceptors (Lipinski definition) is 4. The monoisotopic (exact) mass is 400 g/mol. The summed E-state index contributed by atoms with van der Waals surface area (Å²) in [4.78, 5) is 14.5.